The van der Waals surface area contributed by atoms with Gasteiger partial charge >= 0.3 is 0 Å². The van der Waals surface area contributed by atoms with Crippen LogP contribution in [-0.2, 0) is 0 Å². The van der Waals surface area contributed by atoms with Crippen molar-refractivity contribution in [1.29, 1.82) is 0 Å². The number of hydrogen-bond acceptors (Lipinski definition) is 2. The molecule has 0 unspecified atom stereocenters. The fourth-order valence-corrected chi connectivity index (χ4v) is 5.49. The lowest BCUT2D eigenvalue weighted by Gasteiger charge is -2.40. The summed E-state index contributed by atoms with van der Waals surface area (Å²) in [7, 11) is 0. The molecular weight excluding hydrogens is 459 g/mol. The van der Waals surface area contributed by atoms with E-state index in [0.29, 0.717) is 28.8 Å². The molecule has 0 atom stereocenters. The van der Waals surface area contributed by atoms with E-state index in [2.05, 4.69) is 91.8 Å². The summed E-state index contributed by atoms with van der Waals surface area (Å²) < 4.78 is -1.40. The lowest BCUT2D eigenvalue weighted by Crippen LogP contribution is -2.46. The van der Waals surface area contributed by atoms with Gasteiger partial charge in [0.25, 0.3) is 4.58 Å². The van der Waals surface area contributed by atoms with Gasteiger partial charge in [0.1, 0.15) is 5.16 Å². The fourth-order valence-electron chi connectivity index (χ4n) is 4.48. The highest BCUT2D eigenvalue weighted by molar-refractivity contribution is 6.53. The smallest absolute Gasteiger partial charge is 0.279 e. The zero-order valence-corrected chi connectivity index (χ0v) is 22.6. The summed E-state index contributed by atoms with van der Waals surface area (Å²) in [6.45, 7) is 17.5. The molecule has 0 spiro atoms. The number of halogens is 3. The normalized spacial score (nSPS) is 16.2. The Labute approximate surface area is 209 Å². The molecule has 1 aliphatic heterocycles. The van der Waals surface area contributed by atoms with Crippen LogP contribution in [0.5, 0.6) is 0 Å². The monoisotopic (exact) mass is 492 g/mol. The number of hydrogen-bond donors (Lipinski definition) is 0. The van der Waals surface area contributed by atoms with E-state index in [-0.39, 0.29) is 0 Å². The van der Waals surface area contributed by atoms with Gasteiger partial charge in [-0.25, -0.2) is 0 Å². The van der Waals surface area contributed by atoms with E-state index in [1.807, 2.05) is 16.0 Å². The Morgan fingerprint density at radius 1 is 0.625 bits per heavy atom. The third kappa shape index (κ3) is 4.39. The summed E-state index contributed by atoms with van der Waals surface area (Å²) >= 11 is 21.4. The van der Waals surface area contributed by atoms with Crippen molar-refractivity contribution in [2.75, 3.05) is 9.80 Å². The molecule has 0 saturated heterocycles. The van der Waals surface area contributed by atoms with Crippen molar-refractivity contribution in [3.63, 3.8) is 0 Å². The van der Waals surface area contributed by atoms with Gasteiger partial charge in [-0.15, -0.1) is 0 Å². The van der Waals surface area contributed by atoms with E-state index >= 15 is 0 Å². The molecule has 2 aromatic rings. The van der Waals surface area contributed by atoms with Crippen LogP contribution in [0.25, 0.3) is 0 Å². The molecule has 32 heavy (non-hydrogen) atoms. The summed E-state index contributed by atoms with van der Waals surface area (Å²) in [4.78, 5) is 3.84. The van der Waals surface area contributed by atoms with Crippen molar-refractivity contribution in [3.05, 3.63) is 70.0 Å². The molecule has 2 nitrogen and oxygen atoms in total. The quantitative estimate of drug-likeness (QED) is 0.292. The molecule has 0 N–H and O–H groups in total. The number of benzene rings is 2. The molecule has 0 amide bonds. The molecule has 0 fully saturated rings. The molecule has 0 radical (unpaired) electrons. The maximum absolute atomic E-state index is 7.25. The van der Waals surface area contributed by atoms with Gasteiger partial charge in [-0.05, 0) is 45.9 Å². The molecule has 3 rings (SSSR count). The van der Waals surface area contributed by atoms with Crippen LogP contribution in [0.15, 0.2) is 47.8 Å². The average Bonchev–Trinajstić information content (AvgIpc) is 2.94. The van der Waals surface area contributed by atoms with Crippen LogP contribution >= 0.6 is 34.8 Å². The second-order valence-corrected chi connectivity index (χ2v) is 11.5. The summed E-state index contributed by atoms with van der Waals surface area (Å²) in [5.41, 5.74) is 6.79. The van der Waals surface area contributed by atoms with Gasteiger partial charge < -0.3 is 0 Å². The Balaban J connectivity index is 2.27. The predicted octanol–water partition coefficient (Wildman–Crippen LogP) is 9.63. The average molecular weight is 494 g/mol. The van der Waals surface area contributed by atoms with Gasteiger partial charge in [0.15, 0.2) is 0 Å². The van der Waals surface area contributed by atoms with Gasteiger partial charge in [-0.1, -0.05) is 127 Å². The summed E-state index contributed by atoms with van der Waals surface area (Å²) in [6, 6.07) is 12.8. The number of para-hydroxylation sites is 2. The molecule has 1 heterocycles. The first-order valence-electron chi connectivity index (χ1n) is 11.5. The first kappa shape index (κ1) is 25.3. The largest absolute Gasteiger partial charge is 0.295 e. The minimum atomic E-state index is -1.40. The lowest BCUT2D eigenvalue weighted by atomic mass is 9.91. The van der Waals surface area contributed by atoms with E-state index in [0.717, 1.165) is 11.4 Å². The summed E-state index contributed by atoms with van der Waals surface area (Å²) in [5, 5.41) is 0.512. The minimum absolute atomic E-state index is 0.292. The van der Waals surface area contributed by atoms with Crippen LogP contribution in [0.1, 0.15) is 101 Å². The van der Waals surface area contributed by atoms with E-state index in [1.54, 1.807) is 0 Å². The third-order valence-corrected chi connectivity index (χ3v) is 7.13. The van der Waals surface area contributed by atoms with Gasteiger partial charge in [0.2, 0.25) is 0 Å². The van der Waals surface area contributed by atoms with Crippen molar-refractivity contribution < 1.29 is 0 Å². The van der Waals surface area contributed by atoms with Crippen LogP contribution < -0.4 is 9.80 Å². The van der Waals surface area contributed by atoms with E-state index in [4.69, 9.17) is 34.8 Å². The van der Waals surface area contributed by atoms with Crippen LogP contribution in [-0.4, -0.2) is 4.58 Å². The number of alkyl halides is 2. The van der Waals surface area contributed by atoms with Crippen molar-refractivity contribution in [3.8, 4) is 0 Å². The second kappa shape index (κ2) is 9.49. The molecule has 0 saturated carbocycles. The first-order valence-corrected chi connectivity index (χ1v) is 12.6. The van der Waals surface area contributed by atoms with Crippen molar-refractivity contribution >= 4 is 46.2 Å². The Kier molecular flexibility index (Phi) is 7.49. The van der Waals surface area contributed by atoms with Gasteiger partial charge in [0.05, 0.1) is 11.4 Å². The maximum atomic E-state index is 7.25. The Hall–Kier alpha value is -1.35. The van der Waals surface area contributed by atoms with Crippen molar-refractivity contribution in [2.45, 2.75) is 83.6 Å². The molecule has 5 heteroatoms. The Morgan fingerprint density at radius 3 is 1.31 bits per heavy atom. The second-order valence-electron chi connectivity index (χ2n) is 9.86. The minimum Gasteiger partial charge on any atom is -0.295 e. The molecule has 2 aromatic carbocycles. The molecule has 0 bridgehead atoms. The maximum Gasteiger partial charge on any atom is 0.279 e. The zero-order chi connectivity index (χ0) is 24.0. The summed E-state index contributed by atoms with van der Waals surface area (Å²) in [6.07, 6.45) is 1.88. The van der Waals surface area contributed by atoms with Crippen LogP contribution in [0.3, 0.4) is 0 Å². The first-order chi connectivity index (χ1) is 14.9. The number of anilines is 2. The number of nitrogens with zero attached hydrogens (tertiary/aromatic N) is 2. The van der Waals surface area contributed by atoms with Crippen molar-refractivity contribution in [1.82, 2.24) is 0 Å². The Morgan fingerprint density at radius 2 is 0.969 bits per heavy atom. The van der Waals surface area contributed by atoms with Crippen LogP contribution in [0.4, 0.5) is 11.4 Å². The van der Waals surface area contributed by atoms with Crippen LogP contribution in [0, 0.1) is 0 Å². The lowest BCUT2D eigenvalue weighted by molar-refractivity contribution is 0.753. The highest BCUT2D eigenvalue weighted by atomic mass is 35.5. The van der Waals surface area contributed by atoms with Gasteiger partial charge in [-0.3, -0.25) is 9.80 Å². The molecule has 174 valence electrons. The van der Waals surface area contributed by atoms with Crippen LogP contribution in [0.2, 0.25) is 0 Å². The zero-order valence-electron chi connectivity index (χ0n) is 20.4. The summed E-state index contributed by atoms with van der Waals surface area (Å²) in [5.74, 6) is 1.20. The van der Waals surface area contributed by atoms with Gasteiger partial charge in [0, 0.05) is 6.20 Å². The molecule has 0 aliphatic carbocycles. The highest BCUT2D eigenvalue weighted by Gasteiger charge is 2.48. The number of rotatable bonds is 6. The predicted molar refractivity (Wildman–Crippen MR) is 143 cm³/mol. The van der Waals surface area contributed by atoms with E-state index in [1.165, 1.54) is 22.3 Å². The van der Waals surface area contributed by atoms with E-state index in [9.17, 15) is 0 Å². The van der Waals surface area contributed by atoms with E-state index < -0.39 is 4.58 Å². The molecule has 0 aromatic heterocycles. The molecular formula is C27H35Cl3N2. The topological polar surface area (TPSA) is 6.48 Å². The van der Waals surface area contributed by atoms with Crippen molar-refractivity contribution in [2.24, 2.45) is 0 Å². The Bertz CT molecular complexity index is 953. The molecule has 1 aliphatic rings. The highest BCUT2D eigenvalue weighted by Crippen LogP contribution is 2.52. The standard InChI is InChI=1S/C27H35Cl3N2/c1-16(2)20-11-9-12-21(17(3)4)25(20)31-15-24(28)32(27(31,29)30)26-22(18(5)6)13-10-14-23(26)19(7)8/h9-19H,1-8H3. The fraction of sp³-hybridized carbons (Fsp3) is 0.481. The van der Waals surface area contributed by atoms with Gasteiger partial charge in [-0.2, -0.15) is 0 Å². The SMILES string of the molecule is CC(C)c1cccc(C(C)C)c1N1C=C(Cl)N(c2c(C(C)C)cccc2C(C)C)C1(Cl)Cl. The third-order valence-electron chi connectivity index (χ3n) is 6.16.